The molecule has 0 unspecified atom stereocenters. The zero-order valence-corrected chi connectivity index (χ0v) is 99.0. The first-order chi connectivity index (χ1) is 56.7. The van der Waals surface area contributed by atoms with Crippen LogP contribution in [0.15, 0.2) is 0 Å². The Morgan fingerprint density at radius 2 is 0.203 bits per heavy atom. The lowest BCUT2D eigenvalue weighted by molar-refractivity contribution is -0.579. The molecule has 0 atom stereocenters. The van der Waals surface area contributed by atoms with Gasteiger partial charge in [-0.1, -0.05) is 83.1 Å². The van der Waals surface area contributed by atoms with Gasteiger partial charge in [0.1, 0.15) is 35.3 Å². The summed E-state index contributed by atoms with van der Waals surface area (Å²) in [6.07, 6.45) is 30.4. The van der Waals surface area contributed by atoms with Crippen molar-refractivity contribution >= 4 is 75.3 Å². The maximum atomic E-state index is 9.36. The third-order valence-electron chi connectivity index (χ3n) is 27.2. The Morgan fingerprint density at radius 1 is 0.138 bits per heavy atom. The number of nitrogens with zero attached hydrogens (tertiary/aromatic N) is 18. The van der Waals surface area contributed by atoms with E-state index in [0.717, 1.165) is 236 Å². The van der Waals surface area contributed by atoms with Gasteiger partial charge in [-0.15, -0.1) is 75.3 Å². The number of rotatable bonds is 62. The highest BCUT2D eigenvalue weighted by Crippen LogP contribution is 2.46. The average molecular weight is 1920 g/mol. The van der Waals surface area contributed by atoms with Gasteiger partial charge in [-0.05, 0) is 245 Å². The number of hydrogen-bond donors (Lipinski definition) is 0. The van der Waals surface area contributed by atoms with Gasteiger partial charge in [0, 0.05) is 157 Å². The molecule has 123 heavy (non-hydrogen) atoms. The fraction of sp³-hybridized carbons (Fsp3) is 1.00. The molecule has 0 fully saturated rings. The van der Waals surface area contributed by atoms with Crippen LogP contribution in [0.5, 0.6) is 0 Å². The van der Waals surface area contributed by atoms with Gasteiger partial charge in [-0.25, -0.2) is 0 Å². The molecule has 0 heterocycles. The van der Waals surface area contributed by atoms with E-state index in [-0.39, 0.29) is 0 Å². The minimum absolute atomic E-state index is 1.14. The molecule has 0 aliphatic carbocycles. The average Bonchev–Trinajstić information content (AvgIpc) is 0.783. The Balaban J connectivity index is -0.000000257. The third-order valence-corrected chi connectivity index (χ3v) is 61.6. The zero-order chi connectivity index (χ0) is 98.5. The highest BCUT2D eigenvalue weighted by atomic mass is 32.3. The van der Waals surface area contributed by atoms with Crippen molar-refractivity contribution < 1.29 is 32.9 Å². The van der Waals surface area contributed by atoms with Gasteiger partial charge in [0.25, 0.3) is 0 Å². The van der Waals surface area contributed by atoms with E-state index in [1.165, 1.54) is 35.3 Å². The first-order valence-corrected chi connectivity index (χ1v) is 70.1. The molecule has 0 amide bonds. The van der Waals surface area contributed by atoms with E-state index in [1.54, 1.807) is 0 Å². The fourth-order valence-electron chi connectivity index (χ4n) is 20.2. The van der Waals surface area contributed by atoms with E-state index in [0.29, 0.717) is 0 Å². The van der Waals surface area contributed by atoms with Crippen LogP contribution in [0.3, 0.4) is 0 Å². The van der Waals surface area contributed by atoms with E-state index in [2.05, 4.69) is 410 Å². The Morgan fingerprint density at radius 3 is 0.236 bits per heavy atom. The molecule has 0 aromatic heterocycles. The second-order valence-corrected chi connectivity index (χ2v) is 70.6. The summed E-state index contributed by atoms with van der Waals surface area (Å²) in [5.74, 6) is 7.21. The molecule has 0 aromatic carbocycles. The van der Waals surface area contributed by atoms with E-state index >= 15 is 0 Å². The highest BCUT2D eigenvalue weighted by Gasteiger charge is 2.55. The van der Waals surface area contributed by atoms with Crippen molar-refractivity contribution in [1.29, 1.82) is 0 Å². The summed E-state index contributed by atoms with van der Waals surface area (Å²) in [6.45, 7) is 124. The summed E-state index contributed by atoms with van der Waals surface area (Å²) in [6, 6.07) is 0. The summed E-state index contributed by atoms with van der Waals surface area (Å²) in [7, 11) is -22.2. The van der Waals surface area contributed by atoms with Crippen molar-refractivity contribution in [3.8, 4) is 0 Å². The predicted molar refractivity (Wildman–Crippen MR) is 570 cm³/mol. The first-order valence-electron chi connectivity index (χ1n) is 49.2. The molecule has 0 aliphatic rings. The van der Waals surface area contributed by atoms with Crippen LogP contribution in [0.4, 0.5) is 0 Å². The van der Waals surface area contributed by atoms with Gasteiger partial charge in [-0.3, -0.25) is 29.4 Å². The van der Waals surface area contributed by atoms with Crippen molar-refractivity contribution in [3.63, 3.8) is 0 Å². The smallest absolute Gasteiger partial charge is 0.124 e. The minimum atomic E-state index is -5.92. The molecule has 0 bridgehead atoms. The largest absolute Gasteiger partial charge is 0.862 e. The van der Waals surface area contributed by atoms with Gasteiger partial charge < -0.3 is 32.9 Å². The molecule has 25 nitrogen and oxygen atoms in total. The van der Waals surface area contributed by atoms with Gasteiger partial charge in [0.05, 0.1) is 75.1 Å². The van der Waals surface area contributed by atoms with E-state index < -0.39 is 75.3 Å². The quantitative estimate of drug-likeness (QED) is 0.0413. The molecule has 764 valence electrons. The van der Waals surface area contributed by atoms with Crippen molar-refractivity contribution in [2.24, 2.45) is 0 Å². The minimum Gasteiger partial charge on any atom is -0.862 e. The van der Waals surface area contributed by atoms with E-state index in [4.69, 9.17) is 0 Å². The SMILES string of the molecule is CCN(CC)C[S+](C)(C)(N(CC)CC)N(CC)CC.CCN(CC)C[S+](C)(C)(N(CC)CC)N(CC)CC.CCN(CC)C[S+](C)(C)(N(CC)CC)N(CC)CC.CCN(CC)C[S+](C)(C)(N(CC)CC)N(CC)CC.CCN(CC)C[S+](C)(C)(N(CC)CC)N(CC)CC.CCN(CC)C[S+](C)(C)(N(CC)CC)N(CC)CC.[O-][Si]([O-])([O-])O[Si]([O-])([O-])[O-]. The molecule has 0 saturated heterocycles. The van der Waals surface area contributed by atoms with Crippen LogP contribution in [0.25, 0.3) is 0 Å². The molecule has 0 N–H and O–H groups in total. The fourth-order valence-corrected chi connectivity index (χ4v) is 53.4. The Hall–Kier alpha value is 1.53. The topological polar surface area (TPSA) is 206 Å². The van der Waals surface area contributed by atoms with Crippen molar-refractivity contribution in [2.45, 2.75) is 249 Å². The maximum absolute atomic E-state index is 9.36. The zero-order valence-electron chi connectivity index (χ0n) is 92.1. The van der Waals surface area contributed by atoms with E-state index in [9.17, 15) is 28.8 Å². The van der Waals surface area contributed by atoms with Crippen LogP contribution in [0, 0.1) is 0 Å². The van der Waals surface area contributed by atoms with Gasteiger partial charge in [-0.2, -0.15) is 51.7 Å². The van der Waals surface area contributed by atoms with E-state index in [1.807, 2.05) is 0 Å². The number of hydrogen-bond acceptors (Lipinski definition) is 25. The Labute approximate surface area is 778 Å². The molecule has 0 spiro atoms. The van der Waals surface area contributed by atoms with Gasteiger partial charge in [0.15, 0.2) is 0 Å². The standard InChI is InChI=1S/6C15H38N3S.O7Si2/c6*1-9-16(10-2)15-19(7,8,17(11-3)12-4)18(13-5)14-6;1-8(2,3)7-9(4,5)6/h6*9-15H2,1-8H3;/q6*+1;-6. The van der Waals surface area contributed by atoms with Gasteiger partial charge >= 0.3 is 0 Å². The van der Waals surface area contributed by atoms with Crippen molar-refractivity contribution in [3.05, 3.63) is 0 Å². The lowest BCUT2D eigenvalue weighted by Gasteiger charge is -2.70. The molecule has 0 rings (SSSR count). The lowest BCUT2D eigenvalue weighted by atomic mass is 10.6. The summed E-state index contributed by atoms with van der Waals surface area (Å²) in [5.41, 5.74) is 0. The lowest BCUT2D eigenvalue weighted by Crippen LogP contribution is -2.87. The van der Waals surface area contributed by atoms with Crippen LogP contribution in [-0.2, 0) is 61.3 Å². The van der Waals surface area contributed by atoms with Crippen LogP contribution in [-0.4, -0.2) is 445 Å². The Bertz CT molecular complexity index is 2020. The molecular formula is C90H228N18O7S6Si2. The molecule has 33 heteroatoms. The van der Waals surface area contributed by atoms with Crippen LogP contribution < -0.4 is 28.8 Å². The monoisotopic (exact) mass is 1920 g/mol. The summed E-state index contributed by atoms with van der Waals surface area (Å²) in [5, 5.41) is 0. The molecule has 0 aromatic rings. The van der Waals surface area contributed by atoms with Crippen molar-refractivity contribution in [1.82, 2.24) is 81.1 Å². The van der Waals surface area contributed by atoms with Crippen molar-refractivity contribution in [2.75, 3.05) is 346 Å². The summed E-state index contributed by atoms with van der Waals surface area (Å²) in [4.78, 5) is 71.7. The summed E-state index contributed by atoms with van der Waals surface area (Å²) < 4.78 is 35.3. The van der Waals surface area contributed by atoms with Gasteiger partial charge in [0.2, 0.25) is 0 Å². The van der Waals surface area contributed by atoms with Crippen LogP contribution in [0.1, 0.15) is 249 Å². The first kappa shape index (κ1) is 138. The molecular weight excluding hydrogens is 1690 g/mol. The molecule has 0 aliphatic heterocycles. The molecule has 0 saturated carbocycles. The highest BCUT2D eigenvalue weighted by molar-refractivity contribution is 8.27. The second-order valence-electron chi connectivity index (χ2n) is 35.4. The molecule has 0 radical (unpaired) electrons. The maximum Gasteiger partial charge on any atom is 0.124 e. The normalized spacial score (nSPS) is 15.1. The van der Waals surface area contributed by atoms with Crippen LogP contribution in [0.2, 0.25) is 0 Å². The predicted octanol–water partition coefficient (Wildman–Crippen LogP) is 8.53. The second kappa shape index (κ2) is 63.8. The third kappa shape index (κ3) is 40.8. The van der Waals surface area contributed by atoms with Crippen LogP contribution >= 0.6 is 0 Å². The Kier molecular flexibility index (Phi) is 71.3. The summed E-state index contributed by atoms with van der Waals surface area (Å²) >= 11 is 0.